The quantitative estimate of drug-likeness (QED) is 0.377. The van der Waals surface area contributed by atoms with E-state index in [4.69, 9.17) is 0 Å². The van der Waals surface area contributed by atoms with Crippen LogP contribution in [0.25, 0.3) is 33.0 Å². The van der Waals surface area contributed by atoms with Crippen molar-refractivity contribution in [2.45, 2.75) is 26.8 Å². The molecule has 3 heterocycles. The highest BCUT2D eigenvalue weighted by atomic mass is 19.1. The molecule has 1 aliphatic heterocycles. The SMILES string of the molecule is CNc1nc(F)c(-c2ccc(N3CCN(C(C)C)CC3)cc2)cc1-c1ccc2c(=O)[nH]c(C)cc2c1. The summed E-state index contributed by atoms with van der Waals surface area (Å²) in [5, 5.41) is 4.48. The first-order valence-electron chi connectivity index (χ1n) is 12.5. The van der Waals surface area contributed by atoms with Gasteiger partial charge in [0.25, 0.3) is 5.56 Å². The first-order valence-corrected chi connectivity index (χ1v) is 12.5. The highest BCUT2D eigenvalue weighted by molar-refractivity contribution is 5.90. The van der Waals surface area contributed by atoms with Crippen LogP contribution in [0.5, 0.6) is 0 Å². The molecule has 2 aromatic heterocycles. The van der Waals surface area contributed by atoms with Crippen LogP contribution in [0.3, 0.4) is 0 Å². The summed E-state index contributed by atoms with van der Waals surface area (Å²) in [7, 11) is 1.73. The van der Waals surface area contributed by atoms with Gasteiger partial charge in [0.1, 0.15) is 5.82 Å². The van der Waals surface area contributed by atoms with Crippen molar-refractivity contribution in [3.05, 3.63) is 76.6 Å². The smallest absolute Gasteiger partial charge is 0.256 e. The molecule has 2 aromatic carbocycles. The van der Waals surface area contributed by atoms with Gasteiger partial charge in [-0.25, -0.2) is 4.98 Å². The number of H-pyrrole nitrogens is 1. The number of hydrogen-bond acceptors (Lipinski definition) is 5. The number of halogens is 1. The fourth-order valence-electron chi connectivity index (χ4n) is 5.02. The van der Waals surface area contributed by atoms with Crippen molar-refractivity contribution in [1.29, 1.82) is 0 Å². The zero-order valence-corrected chi connectivity index (χ0v) is 21.2. The molecular formula is C29H32FN5O. The van der Waals surface area contributed by atoms with Gasteiger partial charge in [0.05, 0.1) is 0 Å². The molecule has 5 rings (SSSR count). The van der Waals surface area contributed by atoms with Crippen molar-refractivity contribution in [2.24, 2.45) is 0 Å². The number of benzene rings is 2. The Morgan fingerprint density at radius 2 is 1.64 bits per heavy atom. The summed E-state index contributed by atoms with van der Waals surface area (Å²) < 4.78 is 15.1. The second kappa shape index (κ2) is 9.74. The molecule has 0 radical (unpaired) electrons. The molecular weight excluding hydrogens is 453 g/mol. The average Bonchev–Trinajstić information content (AvgIpc) is 2.88. The van der Waals surface area contributed by atoms with E-state index in [9.17, 15) is 4.79 Å². The molecule has 36 heavy (non-hydrogen) atoms. The number of rotatable bonds is 5. The van der Waals surface area contributed by atoms with E-state index in [1.54, 1.807) is 13.1 Å². The molecule has 0 amide bonds. The van der Waals surface area contributed by atoms with Gasteiger partial charge in [-0.1, -0.05) is 18.2 Å². The fraction of sp³-hybridized carbons (Fsp3) is 0.310. The van der Waals surface area contributed by atoms with E-state index in [0.717, 1.165) is 59.6 Å². The Labute approximate surface area is 210 Å². The lowest BCUT2D eigenvalue weighted by Gasteiger charge is -2.38. The van der Waals surface area contributed by atoms with Crippen LogP contribution in [0, 0.1) is 12.9 Å². The van der Waals surface area contributed by atoms with Gasteiger partial charge >= 0.3 is 0 Å². The molecule has 7 heteroatoms. The topological polar surface area (TPSA) is 64.3 Å². The van der Waals surface area contributed by atoms with Gasteiger partial charge in [-0.15, -0.1) is 0 Å². The van der Waals surface area contributed by atoms with Gasteiger partial charge < -0.3 is 15.2 Å². The van der Waals surface area contributed by atoms with Crippen molar-refractivity contribution < 1.29 is 4.39 Å². The first kappa shape index (κ1) is 24.0. The van der Waals surface area contributed by atoms with Crippen LogP contribution in [0.2, 0.25) is 0 Å². The molecule has 1 aliphatic rings. The number of hydrogen-bond donors (Lipinski definition) is 2. The highest BCUT2D eigenvalue weighted by Crippen LogP contribution is 2.34. The van der Waals surface area contributed by atoms with E-state index >= 15 is 4.39 Å². The third-order valence-corrected chi connectivity index (χ3v) is 7.09. The third-order valence-electron chi connectivity index (χ3n) is 7.09. The Balaban J connectivity index is 1.48. The number of pyridine rings is 2. The van der Waals surface area contributed by atoms with Gasteiger partial charge in [0, 0.05) is 67.2 Å². The number of anilines is 2. The van der Waals surface area contributed by atoms with E-state index in [2.05, 4.69) is 51.1 Å². The highest BCUT2D eigenvalue weighted by Gasteiger charge is 2.20. The number of piperazine rings is 1. The number of aryl methyl sites for hydroxylation is 1. The van der Waals surface area contributed by atoms with E-state index < -0.39 is 5.95 Å². The van der Waals surface area contributed by atoms with Crippen LogP contribution in [-0.2, 0) is 0 Å². The molecule has 1 saturated heterocycles. The van der Waals surface area contributed by atoms with Crippen molar-refractivity contribution in [2.75, 3.05) is 43.4 Å². The minimum atomic E-state index is -0.519. The van der Waals surface area contributed by atoms with Gasteiger partial charge in [-0.05, 0) is 73.7 Å². The monoisotopic (exact) mass is 485 g/mol. The number of aromatic nitrogens is 2. The zero-order chi connectivity index (χ0) is 25.4. The van der Waals surface area contributed by atoms with Crippen LogP contribution in [0.15, 0.2) is 59.4 Å². The second-order valence-corrected chi connectivity index (χ2v) is 9.72. The van der Waals surface area contributed by atoms with Gasteiger partial charge in [0.15, 0.2) is 0 Å². The molecule has 0 bridgehead atoms. The Bertz CT molecular complexity index is 1450. The normalized spacial score (nSPS) is 14.6. The van der Waals surface area contributed by atoms with Crippen LogP contribution in [0.4, 0.5) is 15.9 Å². The minimum absolute atomic E-state index is 0.117. The third kappa shape index (κ3) is 4.58. The molecule has 6 nitrogen and oxygen atoms in total. The lowest BCUT2D eigenvalue weighted by Crippen LogP contribution is -2.48. The molecule has 4 aromatic rings. The van der Waals surface area contributed by atoms with Crippen LogP contribution in [0.1, 0.15) is 19.5 Å². The zero-order valence-electron chi connectivity index (χ0n) is 21.2. The lowest BCUT2D eigenvalue weighted by molar-refractivity contribution is 0.209. The predicted molar refractivity (Wildman–Crippen MR) is 146 cm³/mol. The number of aromatic amines is 1. The standard InChI is InChI=1S/C29H32FN5O/c1-18(2)34-11-13-35(14-12-34)23-8-5-20(6-9-23)25-17-26(28(31-4)33-27(25)30)21-7-10-24-22(16-21)15-19(3)32-29(24)36/h5-10,15-18H,11-14H2,1-4H3,(H,31,33)(H,32,36). The van der Waals surface area contributed by atoms with Gasteiger partial charge in [0.2, 0.25) is 5.95 Å². The summed E-state index contributed by atoms with van der Waals surface area (Å²) >= 11 is 0. The average molecular weight is 486 g/mol. The van der Waals surface area contributed by atoms with Crippen molar-refractivity contribution in [1.82, 2.24) is 14.9 Å². The van der Waals surface area contributed by atoms with Crippen molar-refractivity contribution in [3.63, 3.8) is 0 Å². The molecule has 0 atom stereocenters. The van der Waals surface area contributed by atoms with E-state index in [1.165, 1.54) is 0 Å². The Hall–Kier alpha value is -3.71. The summed E-state index contributed by atoms with van der Waals surface area (Å²) in [5.41, 5.74) is 4.70. The fourth-order valence-corrected chi connectivity index (χ4v) is 5.02. The van der Waals surface area contributed by atoms with Gasteiger partial charge in [-0.3, -0.25) is 9.69 Å². The molecule has 186 valence electrons. The van der Waals surface area contributed by atoms with Crippen LogP contribution >= 0.6 is 0 Å². The first-order chi connectivity index (χ1) is 17.3. The summed E-state index contributed by atoms with van der Waals surface area (Å²) in [6.45, 7) is 10.4. The summed E-state index contributed by atoms with van der Waals surface area (Å²) in [6.07, 6.45) is 0. The Morgan fingerprint density at radius 1 is 0.944 bits per heavy atom. The van der Waals surface area contributed by atoms with Crippen molar-refractivity contribution >= 4 is 22.3 Å². The second-order valence-electron chi connectivity index (χ2n) is 9.72. The van der Waals surface area contributed by atoms with Crippen LogP contribution in [-0.4, -0.2) is 54.1 Å². The van der Waals surface area contributed by atoms with Gasteiger partial charge in [-0.2, -0.15) is 4.39 Å². The van der Waals surface area contributed by atoms with Crippen molar-refractivity contribution in [3.8, 4) is 22.3 Å². The minimum Gasteiger partial charge on any atom is -0.373 e. The number of nitrogens with zero attached hydrogens (tertiary/aromatic N) is 3. The Morgan fingerprint density at radius 3 is 2.31 bits per heavy atom. The lowest BCUT2D eigenvalue weighted by atomic mass is 9.98. The largest absolute Gasteiger partial charge is 0.373 e. The maximum atomic E-state index is 15.1. The molecule has 0 unspecified atom stereocenters. The molecule has 0 saturated carbocycles. The Kier molecular flexibility index (Phi) is 6.49. The molecule has 0 spiro atoms. The van der Waals surface area contributed by atoms with E-state index in [1.807, 2.05) is 43.3 Å². The predicted octanol–water partition coefficient (Wildman–Crippen LogP) is 5.28. The number of nitrogens with one attached hydrogen (secondary N) is 2. The summed E-state index contributed by atoms with van der Waals surface area (Å²) in [6, 6.07) is 18.1. The molecule has 2 N–H and O–H groups in total. The van der Waals surface area contributed by atoms with E-state index in [-0.39, 0.29) is 5.56 Å². The summed E-state index contributed by atoms with van der Waals surface area (Å²) in [5.74, 6) is -0.0636. The van der Waals surface area contributed by atoms with Crippen LogP contribution < -0.4 is 15.8 Å². The summed E-state index contributed by atoms with van der Waals surface area (Å²) in [4.78, 5) is 24.2. The van der Waals surface area contributed by atoms with E-state index in [0.29, 0.717) is 22.8 Å². The molecule has 1 fully saturated rings. The maximum absolute atomic E-state index is 15.1. The molecule has 0 aliphatic carbocycles. The number of fused-ring (bicyclic) bond motifs is 1. The maximum Gasteiger partial charge on any atom is 0.256 e.